The number of carbonyl (C=O) groups excluding carboxylic acids is 1. The predicted molar refractivity (Wildman–Crippen MR) is 107 cm³/mol. The van der Waals surface area contributed by atoms with Crippen LogP contribution in [0.3, 0.4) is 0 Å². The Kier molecular flexibility index (Phi) is 5.95. The summed E-state index contributed by atoms with van der Waals surface area (Å²) in [5.41, 5.74) is 2.97. The first-order chi connectivity index (χ1) is 12.5. The Morgan fingerprint density at radius 1 is 1.35 bits per heavy atom. The van der Waals surface area contributed by atoms with E-state index in [1.807, 2.05) is 45.0 Å². The second kappa shape index (κ2) is 8.20. The molecule has 2 aromatic heterocycles. The molecule has 0 aliphatic rings. The summed E-state index contributed by atoms with van der Waals surface area (Å²) in [7, 11) is 1.68. The molecule has 1 N–H and O–H groups in total. The summed E-state index contributed by atoms with van der Waals surface area (Å²) in [5, 5.41) is 4.09. The maximum Gasteiger partial charge on any atom is 0.239 e. The van der Waals surface area contributed by atoms with E-state index in [-0.39, 0.29) is 11.2 Å². The number of imidazole rings is 1. The lowest BCUT2D eigenvalue weighted by atomic mass is 10.3. The number of carbonyl (C=O) groups is 1. The first kappa shape index (κ1) is 18.9. The van der Waals surface area contributed by atoms with E-state index in [9.17, 15) is 4.79 Å². The second-order valence-electron chi connectivity index (χ2n) is 5.95. The molecular formula is C18H22N4O2S2. The van der Waals surface area contributed by atoms with E-state index in [2.05, 4.69) is 19.9 Å². The number of hydrogen-bond acceptors (Lipinski definition) is 6. The largest absolute Gasteiger partial charge is 0.383 e. The van der Waals surface area contributed by atoms with Gasteiger partial charge in [-0.05, 0) is 32.9 Å². The number of nitrogens with zero attached hydrogens (tertiary/aromatic N) is 3. The van der Waals surface area contributed by atoms with E-state index < -0.39 is 0 Å². The zero-order chi connectivity index (χ0) is 18.7. The molecule has 0 bridgehead atoms. The zero-order valence-corrected chi connectivity index (χ0v) is 16.9. The van der Waals surface area contributed by atoms with E-state index in [1.165, 1.54) is 23.1 Å². The van der Waals surface area contributed by atoms with E-state index in [1.54, 1.807) is 7.11 Å². The van der Waals surface area contributed by atoms with Crippen molar-refractivity contribution in [3.05, 3.63) is 35.7 Å². The first-order valence-electron chi connectivity index (χ1n) is 8.35. The number of hydrogen-bond donors (Lipinski definition) is 1. The molecule has 3 aromatic rings. The lowest BCUT2D eigenvalue weighted by Gasteiger charge is -2.13. The molecule has 1 amide bonds. The summed E-state index contributed by atoms with van der Waals surface area (Å²) >= 11 is 2.93. The van der Waals surface area contributed by atoms with E-state index >= 15 is 0 Å². The van der Waals surface area contributed by atoms with Crippen molar-refractivity contribution in [1.82, 2.24) is 14.5 Å². The lowest BCUT2D eigenvalue weighted by molar-refractivity contribution is -0.115. The number of aromatic nitrogens is 3. The van der Waals surface area contributed by atoms with Gasteiger partial charge in [-0.15, -0.1) is 0 Å². The van der Waals surface area contributed by atoms with Crippen molar-refractivity contribution < 1.29 is 9.53 Å². The number of amides is 1. The highest BCUT2D eigenvalue weighted by atomic mass is 32.2. The van der Waals surface area contributed by atoms with Crippen LogP contribution in [0.4, 0.5) is 5.13 Å². The van der Waals surface area contributed by atoms with Crippen LogP contribution in [0, 0.1) is 13.8 Å². The fourth-order valence-corrected chi connectivity index (χ4v) is 4.40. The Labute approximate surface area is 161 Å². The van der Waals surface area contributed by atoms with Gasteiger partial charge in [0, 0.05) is 19.3 Å². The third-order valence-electron chi connectivity index (χ3n) is 4.12. The lowest BCUT2D eigenvalue weighted by Crippen LogP contribution is -2.23. The third kappa shape index (κ3) is 4.08. The van der Waals surface area contributed by atoms with Crippen LogP contribution in [0.1, 0.15) is 18.3 Å². The van der Waals surface area contributed by atoms with Crippen molar-refractivity contribution in [2.45, 2.75) is 37.7 Å². The van der Waals surface area contributed by atoms with Crippen molar-refractivity contribution in [2.75, 3.05) is 19.0 Å². The molecule has 1 aromatic carbocycles. The van der Waals surface area contributed by atoms with Gasteiger partial charge in [-0.2, -0.15) is 0 Å². The number of thioether (sulfide) groups is 1. The maximum atomic E-state index is 12.6. The van der Waals surface area contributed by atoms with Crippen LogP contribution in [0.15, 0.2) is 29.4 Å². The zero-order valence-electron chi connectivity index (χ0n) is 15.3. The Hall–Kier alpha value is -1.90. The highest BCUT2D eigenvalue weighted by molar-refractivity contribution is 8.00. The standard InChI is InChI=1S/C18H22N4O2S2/c1-11-12(2)22(9-10-24-4)18(19-11)25-13(3)16(23)21-17-20-14-7-5-6-8-15(14)26-17/h5-8,13H,9-10H2,1-4H3,(H,20,21,23)/t13-/m1/s1. The van der Waals surface area contributed by atoms with Crippen LogP contribution in [0.2, 0.25) is 0 Å². The molecule has 0 saturated heterocycles. The molecule has 2 heterocycles. The molecule has 6 nitrogen and oxygen atoms in total. The van der Waals surface area contributed by atoms with Crippen LogP contribution >= 0.6 is 23.1 Å². The van der Waals surface area contributed by atoms with E-state index in [0.29, 0.717) is 11.7 Å². The average molecular weight is 391 g/mol. The van der Waals surface area contributed by atoms with Crippen LogP contribution in [0.25, 0.3) is 10.2 Å². The summed E-state index contributed by atoms with van der Waals surface area (Å²) in [5.74, 6) is -0.0781. The molecule has 8 heteroatoms. The van der Waals surface area contributed by atoms with Crippen LogP contribution in [-0.4, -0.2) is 39.4 Å². The summed E-state index contributed by atoms with van der Waals surface area (Å²) in [6.07, 6.45) is 0. The van der Waals surface area contributed by atoms with E-state index in [4.69, 9.17) is 4.74 Å². The molecule has 0 aliphatic heterocycles. The van der Waals surface area contributed by atoms with Gasteiger partial charge in [0.25, 0.3) is 0 Å². The minimum Gasteiger partial charge on any atom is -0.383 e. The molecule has 0 aliphatic carbocycles. The number of methoxy groups -OCH3 is 1. The Morgan fingerprint density at radius 2 is 2.12 bits per heavy atom. The van der Waals surface area contributed by atoms with E-state index in [0.717, 1.165) is 33.3 Å². The van der Waals surface area contributed by atoms with Gasteiger partial charge in [0.15, 0.2) is 10.3 Å². The Morgan fingerprint density at radius 3 is 2.85 bits per heavy atom. The quantitative estimate of drug-likeness (QED) is 0.620. The van der Waals surface area contributed by atoms with Crippen molar-refractivity contribution >= 4 is 44.4 Å². The van der Waals surface area contributed by atoms with Gasteiger partial charge in [-0.1, -0.05) is 35.2 Å². The Bertz CT molecular complexity index is 886. The van der Waals surface area contributed by atoms with Crippen molar-refractivity contribution in [2.24, 2.45) is 0 Å². The molecule has 138 valence electrons. The van der Waals surface area contributed by atoms with Crippen LogP contribution in [0.5, 0.6) is 0 Å². The molecule has 26 heavy (non-hydrogen) atoms. The minimum absolute atomic E-state index is 0.0781. The molecule has 0 fully saturated rings. The monoisotopic (exact) mass is 390 g/mol. The summed E-state index contributed by atoms with van der Waals surface area (Å²) in [6, 6.07) is 7.85. The van der Waals surface area contributed by atoms with Crippen molar-refractivity contribution in [3.63, 3.8) is 0 Å². The number of fused-ring (bicyclic) bond motifs is 1. The van der Waals surface area contributed by atoms with Crippen LogP contribution < -0.4 is 5.32 Å². The van der Waals surface area contributed by atoms with Gasteiger partial charge < -0.3 is 14.6 Å². The van der Waals surface area contributed by atoms with Crippen molar-refractivity contribution in [1.29, 1.82) is 0 Å². The van der Waals surface area contributed by atoms with Gasteiger partial charge in [-0.3, -0.25) is 4.79 Å². The van der Waals surface area contributed by atoms with Gasteiger partial charge in [0.2, 0.25) is 5.91 Å². The number of aryl methyl sites for hydroxylation is 1. The number of rotatable bonds is 7. The number of anilines is 1. The molecular weight excluding hydrogens is 368 g/mol. The highest BCUT2D eigenvalue weighted by Crippen LogP contribution is 2.28. The topological polar surface area (TPSA) is 69.0 Å². The Balaban J connectivity index is 1.70. The predicted octanol–water partition coefficient (Wildman–Crippen LogP) is 3.88. The smallest absolute Gasteiger partial charge is 0.239 e. The minimum atomic E-state index is -0.287. The number of ether oxygens (including phenoxy) is 1. The number of para-hydroxylation sites is 1. The fourth-order valence-electron chi connectivity index (χ4n) is 2.50. The van der Waals surface area contributed by atoms with Gasteiger partial charge >= 0.3 is 0 Å². The number of nitrogens with one attached hydrogen (secondary N) is 1. The van der Waals surface area contributed by atoms with Crippen molar-refractivity contribution in [3.8, 4) is 0 Å². The summed E-state index contributed by atoms with van der Waals surface area (Å²) < 4.78 is 8.34. The molecule has 0 unspecified atom stereocenters. The molecule has 3 rings (SSSR count). The molecule has 0 radical (unpaired) electrons. The van der Waals surface area contributed by atoms with Crippen LogP contribution in [-0.2, 0) is 16.1 Å². The maximum absolute atomic E-state index is 12.6. The number of benzene rings is 1. The summed E-state index contributed by atoms with van der Waals surface area (Å²) in [4.78, 5) is 21.6. The first-order valence-corrected chi connectivity index (χ1v) is 10.0. The molecule has 1 atom stereocenters. The summed E-state index contributed by atoms with van der Waals surface area (Å²) in [6.45, 7) is 7.23. The molecule has 0 saturated carbocycles. The van der Waals surface area contributed by atoms with Gasteiger partial charge in [0.1, 0.15) is 0 Å². The highest BCUT2D eigenvalue weighted by Gasteiger charge is 2.20. The van der Waals surface area contributed by atoms with Gasteiger partial charge in [-0.25, -0.2) is 9.97 Å². The number of thiazole rings is 1. The average Bonchev–Trinajstić information content (AvgIpc) is 3.14. The SMILES string of the molecule is COCCn1c(S[C@H](C)C(=O)Nc2nc3ccccc3s2)nc(C)c1C. The normalized spacial score (nSPS) is 12.5. The van der Waals surface area contributed by atoms with Gasteiger partial charge in [0.05, 0.1) is 27.8 Å². The fraction of sp³-hybridized carbons (Fsp3) is 0.389. The molecule has 0 spiro atoms. The second-order valence-corrected chi connectivity index (χ2v) is 8.28. The third-order valence-corrected chi connectivity index (χ3v) is 6.16.